The van der Waals surface area contributed by atoms with Crippen molar-refractivity contribution in [1.82, 2.24) is 30.3 Å². The maximum atomic E-state index is 12.9. The van der Waals surface area contributed by atoms with Gasteiger partial charge in [-0.2, -0.15) is 28.1 Å². The molecule has 2 aromatic carbocycles. The summed E-state index contributed by atoms with van der Waals surface area (Å²) in [5.74, 6) is -1.52. The monoisotopic (exact) mass is 752 g/mol. The summed E-state index contributed by atoms with van der Waals surface area (Å²) < 4.78 is 69.5. The summed E-state index contributed by atoms with van der Waals surface area (Å²) in [5.41, 5.74) is 1.12. The van der Waals surface area contributed by atoms with E-state index >= 15 is 0 Å². The topological polar surface area (TPSA) is 193 Å². The SMILES string of the molecule is O=C(CCCNC(=O)c1ccc(Nc2nc(NC3(c4ccc(Cl)cc4)CC3)nc(OCC(F)(F)F)n2)cc1)NCCC(=O)NS(=O)(=O)C1CCC1. The zero-order valence-corrected chi connectivity index (χ0v) is 28.8. The van der Waals surface area contributed by atoms with Gasteiger partial charge in [-0.1, -0.05) is 30.2 Å². The van der Waals surface area contributed by atoms with Gasteiger partial charge in [-0.25, -0.2) is 8.42 Å². The number of hydrogen-bond donors (Lipinski definition) is 5. The van der Waals surface area contributed by atoms with E-state index in [4.69, 9.17) is 16.3 Å². The Labute approximate surface area is 296 Å². The van der Waals surface area contributed by atoms with Crippen LogP contribution >= 0.6 is 11.6 Å². The van der Waals surface area contributed by atoms with Crippen LogP contribution in [-0.2, 0) is 25.2 Å². The lowest BCUT2D eigenvalue weighted by atomic mass is 10.0. The predicted octanol–water partition coefficient (Wildman–Crippen LogP) is 4.33. The molecule has 274 valence electrons. The first-order chi connectivity index (χ1) is 24.2. The summed E-state index contributed by atoms with van der Waals surface area (Å²) >= 11 is 6.01. The number of sulfonamides is 1. The first kappa shape index (κ1) is 37.5. The Balaban J connectivity index is 1.09. The van der Waals surface area contributed by atoms with E-state index in [1.165, 1.54) is 12.1 Å². The van der Waals surface area contributed by atoms with E-state index in [-0.39, 0.29) is 43.7 Å². The number of benzene rings is 2. The van der Waals surface area contributed by atoms with Gasteiger partial charge >= 0.3 is 12.2 Å². The van der Waals surface area contributed by atoms with Crippen molar-refractivity contribution in [3.8, 4) is 6.01 Å². The van der Waals surface area contributed by atoms with Crippen molar-refractivity contribution in [1.29, 1.82) is 0 Å². The molecule has 14 nitrogen and oxygen atoms in total. The average Bonchev–Trinajstić information content (AvgIpc) is 3.81. The lowest BCUT2D eigenvalue weighted by molar-refractivity contribution is -0.154. The van der Waals surface area contributed by atoms with E-state index in [9.17, 15) is 36.0 Å². The highest BCUT2D eigenvalue weighted by Crippen LogP contribution is 2.48. The number of ether oxygens (including phenoxy) is 1. The van der Waals surface area contributed by atoms with Crippen LogP contribution < -0.4 is 30.7 Å². The molecule has 51 heavy (non-hydrogen) atoms. The molecule has 3 aromatic rings. The Kier molecular flexibility index (Phi) is 11.8. The quantitative estimate of drug-likeness (QED) is 0.123. The van der Waals surface area contributed by atoms with Gasteiger partial charge in [0.1, 0.15) is 0 Å². The maximum Gasteiger partial charge on any atom is 0.422 e. The van der Waals surface area contributed by atoms with Crippen LogP contribution in [0.15, 0.2) is 48.5 Å². The first-order valence-electron chi connectivity index (χ1n) is 16.2. The number of aromatic nitrogens is 3. The molecule has 1 heterocycles. The number of halogens is 4. The van der Waals surface area contributed by atoms with E-state index in [1.807, 2.05) is 16.9 Å². The van der Waals surface area contributed by atoms with E-state index in [0.29, 0.717) is 35.5 Å². The third-order valence-corrected chi connectivity index (χ3v) is 10.3. The molecule has 1 aromatic heterocycles. The fraction of sp³-hybridized carbons (Fsp3) is 0.438. The lowest BCUT2D eigenvalue weighted by Crippen LogP contribution is -2.42. The van der Waals surface area contributed by atoms with Crippen molar-refractivity contribution in [3.05, 3.63) is 64.7 Å². The summed E-state index contributed by atoms with van der Waals surface area (Å²) in [4.78, 5) is 49.0. The van der Waals surface area contributed by atoms with Crippen LogP contribution in [0.5, 0.6) is 6.01 Å². The minimum atomic E-state index is -4.61. The van der Waals surface area contributed by atoms with Crippen molar-refractivity contribution < 1.29 is 40.7 Å². The molecular weight excluding hydrogens is 717 g/mol. The summed E-state index contributed by atoms with van der Waals surface area (Å²) in [7, 11) is -3.67. The fourth-order valence-electron chi connectivity index (χ4n) is 5.04. The molecule has 5 rings (SSSR count). The Hall–Kier alpha value is -4.71. The van der Waals surface area contributed by atoms with Gasteiger partial charge in [0.15, 0.2) is 6.61 Å². The predicted molar refractivity (Wildman–Crippen MR) is 181 cm³/mol. The summed E-state index contributed by atoms with van der Waals surface area (Å²) in [6.45, 7) is -1.43. The van der Waals surface area contributed by atoms with E-state index < -0.39 is 51.4 Å². The van der Waals surface area contributed by atoms with Crippen molar-refractivity contribution in [2.45, 2.75) is 68.3 Å². The average molecular weight is 753 g/mol. The number of carbonyl (C=O) groups excluding carboxylic acids is 3. The highest BCUT2D eigenvalue weighted by molar-refractivity contribution is 7.90. The maximum absolute atomic E-state index is 12.9. The second kappa shape index (κ2) is 16.1. The molecule has 2 fully saturated rings. The normalized spacial score (nSPS) is 15.2. The second-order valence-corrected chi connectivity index (χ2v) is 14.6. The van der Waals surface area contributed by atoms with Crippen molar-refractivity contribution >= 4 is 56.9 Å². The van der Waals surface area contributed by atoms with Crippen LogP contribution in [0.3, 0.4) is 0 Å². The molecule has 0 saturated heterocycles. The number of hydrogen-bond acceptors (Lipinski definition) is 11. The molecule has 5 N–H and O–H groups in total. The van der Waals surface area contributed by atoms with Crippen LogP contribution in [0.4, 0.5) is 30.8 Å². The van der Waals surface area contributed by atoms with Crippen LogP contribution in [-0.4, -0.2) is 72.2 Å². The zero-order chi connectivity index (χ0) is 36.6. The lowest BCUT2D eigenvalue weighted by Gasteiger charge is -2.25. The molecule has 0 aliphatic heterocycles. The molecule has 2 aliphatic rings. The molecule has 19 heteroatoms. The summed E-state index contributed by atoms with van der Waals surface area (Å²) in [6, 6.07) is 12.8. The molecule has 2 saturated carbocycles. The number of alkyl halides is 3. The summed E-state index contributed by atoms with van der Waals surface area (Å²) in [5, 5.41) is 11.4. The van der Waals surface area contributed by atoms with Gasteiger partial charge in [0, 0.05) is 42.2 Å². The molecule has 0 bridgehead atoms. The Morgan fingerprint density at radius 2 is 1.57 bits per heavy atom. The Bertz CT molecular complexity index is 1820. The van der Waals surface area contributed by atoms with Gasteiger partial charge < -0.3 is 26.0 Å². The largest absolute Gasteiger partial charge is 0.454 e. The fourth-order valence-corrected chi connectivity index (χ4v) is 6.70. The van der Waals surface area contributed by atoms with Gasteiger partial charge in [0.25, 0.3) is 5.91 Å². The molecule has 0 atom stereocenters. The van der Waals surface area contributed by atoms with Gasteiger partial charge in [-0.05, 0) is 74.1 Å². The number of nitrogens with one attached hydrogen (secondary N) is 5. The number of amides is 3. The minimum absolute atomic E-state index is 0.00182. The van der Waals surface area contributed by atoms with Gasteiger partial charge in [0.05, 0.1) is 10.8 Å². The minimum Gasteiger partial charge on any atom is -0.454 e. The molecule has 0 spiro atoms. The molecular formula is C32H36ClF3N8O6S. The highest BCUT2D eigenvalue weighted by Gasteiger charge is 2.45. The smallest absolute Gasteiger partial charge is 0.422 e. The van der Waals surface area contributed by atoms with E-state index in [2.05, 4.69) is 36.2 Å². The Morgan fingerprint density at radius 3 is 2.20 bits per heavy atom. The van der Waals surface area contributed by atoms with Crippen LogP contribution in [0, 0.1) is 0 Å². The molecule has 0 radical (unpaired) electrons. The van der Waals surface area contributed by atoms with Crippen molar-refractivity contribution in [2.75, 3.05) is 30.3 Å². The zero-order valence-electron chi connectivity index (χ0n) is 27.2. The number of anilines is 3. The third-order valence-electron chi connectivity index (χ3n) is 8.17. The molecule has 2 aliphatic carbocycles. The Morgan fingerprint density at radius 1 is 0.882 bits per heavy atom. The van der Waals surface area contributed by atoms with Crippen molar-refractivity contribution in [3.63, 3.8) is 0 Å². The molecule has 3 amide bonds. The van der Waals surface area contributed by atoms with Crippen molar-refractivity contribution in [2.24, 2.45) is 0 Å². The van der Waals surface area contributed by atoms with Crippen LogP contribution in [0.25, 0.3) is 0 Å². The van der Waals surface area contributed by atoms with Gasteiger partial charge in [0.2, 0.25) is 33.7 Å². The highest BCUT2D eigenvalue weighted by atomic mass is 35.5. The van der Waals surface area contributed by atoms with Crippen LogP contribution in [0.2, 0.25) is 5.02 Å². The number of nitrogens with zero attached hydrogens (tertiary/aromatic N) is 3. The van der Waals surface area contributed by atoms with E-state index in [1.54, 1.807) is 24.3 Å². The summed E-state index contributed by atoms with van der Waals surface area (Å²) in [6.07, 6.45) is -1.07. The second-order valence-electron chi connectivity index (χ2n) is 12.2. The van der Waals surface area contributed by atoms with Crippen LogP contribution in [0.1, 0.15) is 67.3 Å². The van der Waals surface area contributed by atoms with Gasteiger partial charge in [-0.15, -0.1) is 0 Å². The standard InChI is InChI=1S/C32H36ClF3N8O6S/c33-22-10-8-21(9-11-22)31(15-16-31)43-29-40-28(41-30(42-29)50-19-32(34,35)36)39-23-12-6-20(7-13-23)27(47)38-17-2-5-25(45)37-18-14-26(46)44-51(48,49)24-3-1-4-24/h6-13,24H,1-5,14-19H2,(H,37,45)(H,38,47)(H,44,46)(H2,39,40,41,42,43). The first-order valence-corrected chi connectivity index (χ1v) is 18.1. The van der Waals surface area contributed by atoms with E-state index in [0.717, 1.165) is 24.8 Å². The van der Waals surface area contributed by atoms with Gasteiger partial charge in [-0.3, -0.25) is 19.1 Å². The number of carbonyl (C=O) groups is 3. The number of rotatable bonds is 17. The molecule has 0 unspecified atom stereocenters. The third kappa shape index (κ3) is 11.1.